The molecule has 1 saturated heterocycles. The van der Waals surface area contributed by atoms with Crippen LogP contribution in [0.15, 0.2) is 52.9 Å². The Labute approximate surface area is 216 Å². The number of ether oxygens (including phenoxy) is 2. The Balaban J connectivity index is 1.81. The zero-order valence-corrected chi connectivity index (χ0v) is 20.9. The van der Waals surface area contributed by atoms with Crippen LogP contribution in [0.4, 0.5) is 18.0 Å². The maximum atomic E-state index is 13.2. The number of benzene rings is 2. The van der Waals surface area contributed by atoms with Gasteiger partial charge in [-0.15, -0.1) is 0 Å². The van der Waals surface area contributed by atoms with E-state index in [1.54, 1.807) is 24.3 Å². The summed E-state index contributed by atoms with van der Waals surface area (Å²) in [6, 6.07) is 10.7. The first kappa shape index (κ1) is 27.0. The normalized spacial score (nSPS) is 15.2. The second-order valence-corrected chi connectivity index (χ2v) is 8.87. The average molecular weight is 534 g/mol. The Bertz CT molecular complexity index is 1300. The van der Waals surface area contributed by atoms with E-state index >= 15 is 0 Å². The lowest BCUT2D eigenvalue weighted by Crippen LogP contribution is -2.51. The largest absolute Gasteiger partial charge is 0.497 e. The molecule has 0 atom stereocenters. The van der Waals surface area contributed by atoms with Gasteiger partial charge in [-0.2, -0.15) is 13.2 Å². The van der Waals surface area contributed by atoms with Crippen LogP contribution in [0, 0.1) is 0 Å². The van der Waals surface area contributed by atoms with Gasteiger partial charge in [0.25, 0.3) is 0 Å². The first-order valence-electron chi connectivity index (χ1n) is 11.6. The number of methoxy groups -OCH3 is 2. The van der Waals surface area contributed by atoms with Gasteiger partial charge >= 0.3 is 18.2 Å². The molecule has 1 fully saturated rings. The Morgan fingerprint density at radius 3 is 2.11 bits per heavy atom. The number of nitrogens with zero attached hydrogens (tertiary/aromatic N) is 3. The summed E-state index contributed by atoms with van der Waals surface area (Å²) < 4.78 is 55.9. The van der Waals surface area contributed by atoms with Crippen molar-refractivity contribution in [2.24, 2.45) is 0 Å². The number of oxazole rings is 1. The number of halogens is 3. The van der Waals surface area contributed by atoms with Crippen molar-refractivity contribution in [2.45, 2.75) is 24.4 Å². The van der Waals surface area contributed by atoms with Crippen molar-refractivity contribution < 1.29 is 41.9 Å². The summed E-state index contributed by atoms with van der Waals surface area (Å²) in [5.41, 5.74) is -0.934. The maximum absolute atomic E-state index is 13.2. The summed E-state index contributed by atoms with van der Waals surface area (Å²) in [4.78, 5) is 31.4. The number of urea groups is 1. The Morgan fingerprint density at radius 1 is 1.03 bits per heavy atom. The molecule has 2 aromatic carbocycles. The molecule has 0 bridgehead atoms. The topological polar surface area (TPSA) is 105 Å². The minimum absolute atomic E-state index is 0.0227. The number of likely N-dealkylation sites (tertiary alicyclic amines) is 1. The SMILES string of the molecule is COC(=O)C1(c2nc(-c3ccc(OC)cc3)c(-c3ccc(C(F)(F)F)cc3)o2)CCN(C(=O)N(C)O)CC1. The zero-order valence-electron chi connectivity index (χ0n) is 20.9. The van der Waals surface area contributed by atoms with Gasteiger partial charge in [0, 0.05) is 31.3 Å². The fraction of sp³-hybridized carbons (Fsp3) is 0.346. The first-order valence-corrected chi connectivity index (χ1v) is 11.6. The van der Waals surface area contributed by atoms with E-state index in [0.717, 1.165) is 12.1 Å². The summed E-state index contributed by atoms with van der Waals surface area (Å²) >= 11 is 0. The van der Waals surface area contributed by atoms with Gasteiger partial charge in [0.15, 0.2) is 5.76 Å². The van der Waals surface area contributed by atoms with Crippen molar-refractivity contribution in [3.63, 3.8) is 0 Å². The number of amides is 2. The molecule has 9 nitrogen and oxygen atoms in total. The van der Waals surface area contributed by atoms with E-state index in [1.165, 1.54) is 38.3 Å². The fourth-order valence-electron chi connectivity index (χ4n) is 4.46. The van der Waals surface area contributed by atoms with Crippen LogP contribution in [-0.2, 0) is 21.1 Å². The molecule has 0 saturated carbocycles. The van der Waals surface area contributed by atoms with Gasteiger partial charge in [0.1, 0.15) is 16.9 Å². The molecule has 38 heavy (non-hydrogen) atoms. The monoisotopic (exact) mass is 533 g/mol. The van der Waals surface area contributed by atoms with E-state index in [1.807, 2.05) is 0 Å². The number of hydrogen-bond donors (Lipinski definition) is 1. The number of hydrogen-bond acceptors (Lipinski definition) is 7. The Hall–Kier alpha value is -4.06. The molecule has 0 aliphatic carbocycles. The van der Waals surface area contributed by atoms with Crippen LogP contribution in [0.3, 0.4) is 0 Å². The molecular weight excluding hydrogens is 507 g/mol. The maximum Gasteiger partial charge on any atom is 0.416 e. The highest BCUT2D eigenvalue weighted by Crippen LogP contribution is 2.42. The third kappa shape index (κ3) is 5.03. The van der Waals surface area contributed by atoms with E-state index in [9.17, 15) is 28.0 Å². The number of alkyl halides is 3. The smallest absolute Gasteiger partial charge is 0.416 e. The molecule has 1 aromatic heterocycles. The van der Waals surface area contributed by atoms with Gasteiger partial charge in [0.05, 0.1) is 19.8 Å². The molecule has 0 unspecified atom stereocenters. The first-order chi connectivity index (χ1) is 18.0. The number of carbonyl (C=O) groups excluding carboxylic acids is 2. The zero-order chi connectivity index (χ0) is 27.7. The molecule has 4 rings (SSSR count). The Kier molecular flexibility index (Phi) is 7.36. The summed E-state index contributed by atoms with van der Waals surface area (Å²) in [5.74, 6) is 0.166. The predicted molar refractivity (Wildman–Crippen MR) is 128 cm³/mol. The minimum atomic E-state index is -4.51. The number of piperidine rings is 1. The van der Waals surface area contributed by atoms with Crippen LogP contribution in [-0.4, -0.2) is 66.5 Å². The number of aromatic nitrogens is 1. The molecule has 12 heteroatoms. The minimum Gasteiger partial charge on any atom is -0.497 e. The lowest BCUT2D eigenvalue weighted by Gasteiger charge is -2.38. The highest BCUT2D eigenvalue weighted by molar-refractivity contribution is 5.84. The molecular formula is C26H26F3N3O6. The van der Waals surface area contributed by atoms with Crippen LogP contribution < -0.4 is 4.74 Å². The summed E-state index contributed by atoms with van der Waals surface area (Å²) in [7, 11) is 3.95. The van der Waals surface area contributed by atoms with E-state index in [0.29, 0.717) is 27.6 Å². The van der Waals surface area contributed by atoms with E-state index in [4.69, 9.17) is 13.9 Å². The lowest BCUT2D eigenvalue weighted by atomic mass is 9.78. The lowest BCUT2D eigenvalue weighted by molar-refractivity contribution is -0.150. The van der Waals surface area contributed by atoms with Crippen LogP contribution in [0.5, 0.6) is 5.75 Å². The highest BCUT2D eigenvalue weighted by Gasteiger charge is 2.49. The van der Waals surface area contributed by atoms with Gasteiger partial charge in [0.2, 0.25) is 5.89 Å². The molecule has 2 amide bonds. The number of carbonyl (C=O) groups is 2. The number of hydroxylamine groups is 2. The van der Waals surface area contributed by atoms with Crippen molar-refractivity contribution in [2.75, 3.05) is 34.4 Å². The van der Waals surface area contributed by atoms with E-state index in [-0.39, 0.29) is 37.6 Å². The van der Waals surface area contributed by atoms with Crippen molar-refractivity contribution in [3.8, 4) is 28.3 Å². The summed E-state index contributed by atoms with van der Waals surface area (Å²) in [6.45, 7) is 0.212. The Morgan fingerprint density at radius 2 is 1.61 bits per heavy atom. The molecule has 202 valence electrons. The van der Waals surface area contributed by atoms with Crippen molar-refractivity contribution in [1.29, 1.82) is 0 Å². The predicted octanol–water partition coefficient (Wildman–Crippen LogP) is 4.98. The van der Waals surface area contributed by atoms with Crippen LogP contribution in [0.2, 0.25) is 0 Å². The molecule has 0 spiro atoms. The second-order valence-electron chi connectivity index (χ2n) is 8.87. The molecule has 2 heterocycles. The van der Waals surface area contributed by atoms with Gasteiger partial charge in [-0.1, -0.05) is 12.1 Å². The van der Waals surface area contributed by atoms with Gasteiger partial charge in [-0.05, 0) is 49.2 Å². The number of rotatable bonds is 5. The van der Waals surface area contributed by atoms with Crippen molar-refractivity contribution in [3.05, 3.63) is 60.0 Å². The van der Waals surface area contributed by atoms with Crippen molar-refractivity contribution >= 4 is 12.0 Å². The van der Waals surface area contributed by atoms with Gasteiger partial charge < -0.3 is 18.8 Å². The molecule has 0 radical (unpaired) electrons. The fourth-order valence-corrected chi connectivity index (χ4v) is 4.46. The standard InChI is InChI=1S/C26H26F3N3O6/c1-31(35)24(34)32-14-12-25(13-15-32,23(33)37-3)22-30-20(16-6-10-19(36-2)11-7-16)21(38-22)17-4-8-18(9-5-17)26(27,28)29/h4-11,35H,12-15H2,1-3H3. The van der Waals surface area contributed by atoms with Crippen LogP contribution >= 0.6 is 0 Å². The van der Waals surface area contributed by atoms with E-state index < -0.39 is 29.2 Å². The summed E-state index contributed by atoms with van der Waals surface area (Å²) in [5, 5.41) is 9.97. The average Bonchev–Trinajstić information content (AvgIpc) is 3.38. The molecule has 3 aromatic rings. The summed E-state index contributed by atoms with van der Waals surface area (Å²) in [6.07, 6.45) is -4.32. The quantitative estimate of drug-likeness (QED) is 0.280. The molecule has 1 N–H and O–H groups in total. The van der Waals surface area contributed by atoms with Gasteiger partial charge in [-0.3, -0.25) is 10.0 Å². The van der Waals surface area contributed by atoms with Crippen molar-refractivity contribution in [1.82, 2.24) is 14.9 Å². The van der Waals surface area contributed by atoms with Gasteiger partial charge in [-0.25, -0.2) is 14.8 Å². The number of esters is 1. The van der Waals surface area contributed by atoms with Crippen LogP contribution in [0.25, 0.3) is 22.6 Å². The second kappa shape index (κ2) is 10.4. The third-order valence-electron chi connectivity index (χ3n) is 6.61. The molecule has 1 aliphatic heterocycles. The third-order valence-corrected chi connectivity index (χ3v) is 6.61. The van der Waals surface area contributed by atoms with E-state index in [2.05, 4.69) is 4.98 Å². The molecule has 1 aliphatic rings. The van der Waals surface area contributed by atoms with Crippen LogP contribution in [0.1, 0.15) is 24.3 Å². The highest BCUT2D eigenvalue weighted by atomic mass is 19.4.